The zero-order valence-electron chi connectivity index (χ0n) is 14.8. The summed E-state index contributed by atoms with van der Waals surface area (Å²) in [5, 5.41) is 3.48. The number of nitrogens with one attached hydrogen (secondary N) is 1. The number of carbonyl (C=O) groups excluding carboxylic acids is 2. The van der Waals surface area contributed by atoms with E-state index in [2.05, 4.69) is 15.3 Å². The van der Waals surface area contributed by atoms with Crippen molar-refractivity contribution in [1.29, 1.82) is 0 Å². The van der Waals surface area contributed by atoms with E-state index in [0.29, 0.717) is 29.2 Å². The molecule has 1 N–H and O–H groups in total. The second-order valence-electron chi connectivity index (χ2n) is 6.57. The van der Waals surface area contributed by atoms with Gasteiger partial charge in [0.25, 0.3) is 5.91 Å². The smallest absolute Gasteiger partial charge is 0.253 e. The van der Waals surface area contributed by atoms with Gasteiger partial charge in [-0.05, 0) is 31.0 Å². The quantitative estimate of drug-likeness (QED) is 0.751. The monoisotopic (exact) mass is 383 g/mol. The van der Waals surface area contributed by atoms with Gasteiger partial charge in [-0.1, -0.05) is 11.6 Å². The Bertz CT molecular complexity index is 1050. The van der Waals surface area contributed by atoms with Gasteiger partial charge < -0.3 is 14.6 Å². The first kappa shape index (κ1) is 17.5. The van der Waals surface area contributed by atoms with Crippen LogP contribution in [0.3, 0.4) is 0 Å². The van der Waals surface area contributed by atoms with Crippen LogP contribution in [0.15, 0.2) is 36.9 Å². The van der Waals surface area contributed by atoms with E-state index in [1.807, 2.05) is 23.6 Å². The SMILES string of the molecule is Cc1cc(Cl)cn2cc(CNC(=O)c3cncc(N4CCCC4=O)c3)nc12. The number of hydrogen-bond acceptors (Lipinski definition) is 4. The van der Waals surface area contributed by atoms with Crippen LogP contribution in [0.2, 0.25) is 5.02 Å². The van der Waals surface area contributed by atoms with Crippen LogP contribution in [-0.2, 0) is 11.3 Å². The lowest BCUT2D eigenvalue weighted by Crippen LogP contribution is -2.26. The third-order valence-electron chi connectivity index (χ3n) is 4.55. The van der Waals surface area contributed by atoms with Gasteiger partial charge in [0.2, 0.25) is 5.91 Å². The van der Waals surface area contributed by atoms with Crippen molar-refractivity contribution >= 4 is 34.7 Å². The zero-order chi connectivity index (χ0) is 19.0. The summed E-state index contributed by atoms with van der Waals surface area (Å²) in [5.74, 6) is -0.198. The van der Waals surface area contributed by atoms with E-state index in [9.17, 15) is 9.59 Å². The van der Waals surface area contributed by atoms with Crippen molar-refractivity contribution in [3.8, 4) is 0 Å². The largest absolute Gasteiger partial charge is 0.346 e. The predicted molar refractivity (Wildman–Crippen MR) is 102 cm³/mol. The van der Waals surface area contributed by atoms with Crippen LogP contribution >= 0.6 is 11.6 Å². The van der Waals surface area contributed by atoms with Crippen LogP contribution in [-0.4, -0.2) is 32.7 Å². The summed E-state index contributed by atoms with van der Waals surface area (Å²) in [7, 11) is 0. The highest BCUT2D eigenvalue weighted by atomic mass is 35.5. The normalized spacial score (nSPS) is 14.1. The Morgan fingerprint density at radius 3 is 2.93 bits per heavy atom. The van der Waals surface area contributed by atoms with Crippen LogP contribution in [0.4, 0.5) is 5.69 Å². The molecule has 1 aliphatic heterocycles. The minimum Gasteiger partial charge on any atom is -0.346 e. The molecule has 1 fully saturated rings. The summed E-state index contributed by atoms with van der Waals surface area (Å²) in [4.78, 5) is 34.7. The minimum absolute atomic E-state index is 0.0630. The lowest BCUT2D eigenvalue weighted by molar-refractivity contribution is -0.117. The Morgan fingerprint density at radius 2 is 2.15 bits per heavy atom. The standard InChI is InChI=1S/C19H18ClN5O2/c1-12-5-14(20)10-24-11-15(23-18(12)24)8-22-19(27)13-6-16(9-21-7-13)25-4-2-3-17(25)26/h5-7,9-11H,2-4,8H2,1H3,(H,22,27). The number of hydrogen-bond donors (Lipinski definition) is 1. The Kier molecular flexibility index (Phi) is 4.53. The lowest BCUT2D eigenvalue weighted by atomic mass is 10.2. The van der Waals surface area contributed by atoms with Crippen molar-refractivity contribution in [3.63, 3.8) is 0 Å². The third kappa shape index (κ3) is 3.50. The van der Waals surface area contributed by atoms with Gasteiger partial charge in [0, 0.05) is 31.6 Å². The van der Waals surface area contributed by atoms with Gasteiger partial charge in [-0.25, -0.2) is 4.98 Å². The predicted octanol–water partition coefficient (Wildman–Crippen LogP) is 2.75. The molecule has 3 aromatic heterocycles. The van der Waals surface area contributed by atoms with E-state index in [0.717, 1.165) is 23.3 Å². The molecule has 0 atom stereocenters. The molecule has 0 radical (unpaired) electrons. The third-order valence-corrected chi connectivity index (χ3v) is 4.76. The van der Waals surface area contributed by atoms with Crippen LogP contribution in [0.25, 0.3) is 5.65 Å². The summed E-state index contributed by atoms with van der Waals surface area (Å²) in [6.45, 7) is 2.88. The fourth-order valence-corrected chi connectivity index (χ4v) is 3.52. The molecule has 27 heavy (non-hydrogen) atoms. The first-order valence-corrected chi connectivity index (χ1v) is 9.06. The molecule has 0 unspecified atom stereocenters. The lowest BCUT2D eigenvalue weighted by Gasteiger charge is -2.15. The number of aromatic nitrogens is 3. The fourth-order valence-electron chi connectivity index (χ4n) is 3.25. The topological polar surface area (TPSA) is 79.6 Å². The highest BCUT2D eigenvalue weighted by molar-refractivity contribution is 6.30. The number of imidazole rings is 1. The zero-order valence-corrected chi connectivity index (χ0v) is 15.5. The Hall–Kier alpha value is -2.93. The maximum Gasteiger partial charge on any atom is 0.253 e. The van der Waals surface area contributed by atoms with Crippen molar-refractivity contribution in [3.05, 3.63) is 58.8 Å². The molecule has 1 saturated heterocycles. The Balaban J connectivity index is 1.48. The molecule has 3 aromatic rings. The number of anilines is 1. The van der Waals surface area contributed by atoms with Gasteiger partial charge in [-0.2, -0.15) is 0 Å². The maximum absolute atomic E-state index is 12.5. The van der Waals surface area contributed by atoms with Crippen molar-refractivity contribution in [2.45, 2.75) is 26.3 Å². The molecular formula is C19H18ClN5O2. The molecular weight excluding hydrogens is 366 g/mol. The van der Waals surface area contributed by atoms with E-state index in [4.69, 9.17) is 11.6 Å². The molecule has 0 saturated carbocycles. The molecule has 2 amide bonds. The Morgan fingerprint density at radius 1 is 1.30 bits per heavy atom. The summed E-state index contributed by atoms with van der Waals surface area (Å²) >= 11 is 6.07. The first-order valence-electron chi connectivity index (χ1n) is 8.68. The number of pyridine rings is 2. The van der Waals surface area contributed by atoms with Crippen molar-refractivity contribution in [2.24, 2.45) is 0 Å². The molecule has 0 aromatic carbocycles. The van der Waals surface area contributed by atoms with Gasteiger partial charge in [0.05, 0.1) is 34.7 Å². The van der Waals surface area contributed by atoms with Gasteiger partial charge in [-0.15, -0.1) is 0 Å². The molecule has 0 bridgehead atoms. The van der Waals surface area contributed by atoms with Crippen LogP contribution < -0.4 is 10.2 Å². The molecule has 0 aliphatic carbocycles. The second-order valence-corrected chi connectivity index (χ2v) is 7.00. The van der Waals surface area contributed by atoms with E-state index in [1.165, 1.54) is 6.20 Å². The van der Waals surface area contributed by atoms with Gasteiger partial charge in [-0.3, -0.25) is 14.6 Å². The fraction of sp³-hybridized carbons (Fsp3) is 0.263. The summed E-state index contributed by atoms with van der Waals surface area (Å²) in [5.41, 5.74) is 3.57. The van der Waals surface area contributed by atoms with E-state index in [-0.39, 0.29) is 18.4 Å². The van der Waals surface area contributed by atoms with Gasteiger partial charge in [0.1, 0.15) is 5.65 Å². The number of rotatable bonds is 4. The van der Waals surface area contributed by atoms with E-state index < -0.39 is 0 Å². The molecule has 8 heteroatoms. The minimum atomic E-state index is -0.261. The summed E-state index contributed by atoms with van der Waals surface area (Å²) < 4.78 is 1.85. The Labute approximate surface area is 161 Å². The molecule has 4 heterocycles. The molecule has 1 aliphatic rings. The molecule has 138 valence electrons. The van der Waals surface area contributed by atoms with E-state index >= 15 is 0 Å². The molecule has 7 nitrogen and oxygen atoms in total. The number of halogens is 1. The van der Waals surface area contributed by atoms with Crippen LogP contribution in [0, 0.1) is 6.92 Å². The molecule has 0 spiro atoms. The number of aryl methyl sites for hydroxylation is 1. The van der Waals surface area contributed by atoms with Crippen molar-refractivity contribution in [2.75, 3.05) is 11.4 Å². The summed E-state index contributed by atoms with van der Waals surface area (Å²) in [6, 6.07) is 3.54. The number of carbonyl (C=O) groups is 2. The van der Waals surface area contributed by atoms with E-state index in [1.54, 1.807) is 23.4 Å². The van der Waals surface area contributed by atoms with Gasteiger partial charge in [0.15, 0.2) is 0 Å². The van der Waals surface area contributed by atoms with Crippen LogP contribution in [0.1, 0.15) is 34.5 Å². The number of amides is 2. The van der Waals surface area contributed by atoms with Crippen LogP contribution in [0.5, 0.6) is 0 Å². The highest BCUT2D eigenvalue weighted by Crippen LogP contribution is 2.21. The van der Waals surface area contributed by atoms with Crippen molar-refractivity contribution in [1.82, 2.24) is 19.7 Å². The first-order chi connectivity index (χ1) is 13.0. The average Bonchev–Trinajstić information content (AvgIpc) is 3.25. The summed E-state index contributed by atoms with van der Waals surface area (Å²) in [6.07, 6.45) is 8.08. The van der Waals surface area contributed by atoms with Crippen molar-refractivity contribution < 1.29 is 9.59 Å². The highest BCUT2D eigenvalue weighted by Gasteiger charge is 2.22. The van der Waals surface area contributed by atoms with Gasteiger partial charge >= 0.3 is 0 Å². The molecule has 4 rings (SSSR count). The second kappa shape index (κ2) is 7.00. The maximum atomic E-state index is 12.5. The average molecular weight is 384 g/mol. The number of fused-ring (bicyclic) bond motifs is 1. The number of nitrogens with zero attached hydrogens (tertiary/aromatic N) is 4.